The lowest BCUT2D eigenvalue weighted by atomic mass is 10.1. The van der Waals surface area contributed by atoms with E-state index in [4.69, 9.17) is 11.6 Å². The van der Waals surface area contributed by atoms with Gasteiger partial charge in [-0.2, -0.15) is 0 Å². The number of aryl methyl sites for hydroxylation is 2. The van der Waals surface area contributed by atoms with Gasteiger partial charge >= 0.3 is 0 Å². The van der Waals surface area contributed by atoms with Crippen LogP contribution in [0.5, 0.6) is 0 Å². The Hall–Kier alpha value is -2.25. The first-order valence-electron chi connectivity index (χ1n) is 7.42. The minimum atomic E-state index is -0.503. The smallest absolute Gasteiger partial charge is 0.262 e. The van der Waals surface area contributed by atoms with Crippen molar-refractivity contribution in [3.8, 4) is 0 Å². The molecule has 1 N–H and O–H groups in total. The Bertz CT molecular complexity index is 980. The predicted molar refractivity (Wildman–Crippen MR) is 96.1 cm³/mol. The second kappa shape index (κ2) is 6.70. The molecule has 124 valence electrons. The highest BCUT2D eigenvalue weighted by Crippen LogP contribution is 2.19. The number of anilines is 1. The van der Waals surface area contributed by atoms with Gasteiger partial charge in [0, 0.05) is 30.1 Å². The summed E-state index contributed by atoms with van der Waals surface area (Å²) in [5, 5.41) is 12.7. The molecule has 0 unspecified atom stereocenters. The molecule has 2 aromatic heterocycles. The Kier molecular flexibility index (Phi) is 4.64. The van der Waals surface area contributed by atoms with Crippen molar-refractivity contribution >= 4 is 44.9 Å². The minimum Gasteiger partial charge on any atom is -0.350 e. The van der Waals surface area contributed by atoms with E-state index in [9.17, 15) is 9.59 Å². The Morgan fingerprint density at radius 2 is 2.17 bits per heavy atom. The van der Waals surface area contributed by atoms with Gasteiger partial charge in [-0.05, 0) is 24.6 Å². The molecule has 1 aromatic carbocycles. The van der Waals surface area contributed by atoms with Crippen LogP contribution in [0.3, 0.4) is 0 Å². The van der Waals surface area contributed by atoms with Gasteiger partial charge in [-0.3, -0.25) is 14.9 Å². The van der Waals surface area contributed by atoms with Crippen LogP contribution in [0.2, 0.25) is 5.02 Å². The molecule has 2 heterocycles. The average Bonchev–Trinajstić information content (AvgIpc) is 2.98. The molecule has 6 nitrogen and oxygen atoms in total. The molecule has 0 radical (unpaired) electrons. The maximum atomic E-state index is 12.6. The average molecular weight is 363 g/mol. The first-order chi connectivity index (χ1) is 11.5. The van der Waals surface area contributed by atoms with Crippen LogP contribution < -0.4 is 10.7 Å². The summed E-state index contributed by atoms with van der Waals surface area (Å²) in [5.41, 5.74) is 0.392. The zero-order valence-electron chi connectivity index (χ0n) is 13.2. The van der Waals surface area contributed by atoms with Gasteiger partial charge < -0.3 is 4.57 Å². The molecule has 0 bridgehead atoms. The summed E-state index contributed by atoms with van der Waals surface area (Å²) in [5.74, 6) is -0.503. The lowest BCUT2D eigenvalue weighted by Crippen LogP contribution is -2.23. The van der Waals surface area contributed by atoms with Gasteiger partial charge in [0.25, 0.3) is 5.91 Å². The van der Waals surface area contributed by atoms with E-state index < -0.39 is 5.91 Å². The Morgan fingerprint density at radius 3 is 2.92 bits per heavy atom. The van der Waals surface area contributed by atoms with Crippen LogP contribution in [0.4, 0.5) is 5.13 Å². The number of carbonyl (C=O) groups excluding carboxylic acids is 1. The normalized spacial score (nSPS) is 11.0. The van der Waals surface area contributed by atoms with Gasteiger partial charge in [0.1, 0.15) is 10.6 Å². The molecule has 3 rings (SSSR count). The third-order valence-electron chi connectivity index (χ3n) is 3.55. The Morgan fingerprint density at radius 1 is 1.38 bits per heavy atom. The fourth-order valence-electron chi connectivity index (χ4n) is 2.41. The number of amides is 1. The zero-order chi connectivity index (χ0) is 17.3. The van der Waals surface area contributed by atoms with Crippen molar-refractivity contribution in [2.45, 2.75) is 19.8 Å². The number of nitrogens with one attached hydrogen (secondary N) is 1. The van der Waals surface area contributed by atoms with Gasteiger partial charge in [-0.15, -0.1) is 10.2 Å². The largest absolute Gasteiger partial charge is 0.350 e. The summed E-state index contributed by atoms with van der Waals surface area (Å²) < 4.78 is 1.73. The van der Waals surface area contributed by atoms with Crippen LogP contribution in [0.1, 0.15) is 28.7 Å². The number of halogens is 1. The van der Waals surface area contributed by atoms with Crippen molar-refractivity contribution in [3.05, 3.63) is 50.2 Å². The summed E-state index contributed by atoms with van der Waals surface area (Å²) in [6.45, 7) is 2.05. The highest BCUT2D eigenvalue weighted by atomic mass is 35.5. The van der Waals surface area contributed by atoms with Crippen molar-refractivity contribution in [3.63, 3.8) is 0 Å². The molecule has 1 amide bonds. The van der Waals surface area contributed by atoms with Crippen molar-refractivity contribution < 1.29 is 4.79 Å². The van der Waals surface area contributed by atoms with Gasteiger partial charge in [0.2, 0.25) is 10.6 Å². The van der Waals surface area contributed by atoms with Crippen LogP contribution in [0, 0.1) is 0 Å². The van der Waals surface area contributed by atoms with Gasteiger partial charge in [-0.1, -0.05) is 29.9 Å². The molecule has 0 saturated carbocycles. The maximum Gasteiger partial charge on any atom is 0.262 e. The molecule has 0 fully saturated rings. The van der Waals surface area contributed by atoms with E-state index in [0.717, 1.165) is 17.8 Å². The number of pyridine rings is 1. The summed E-state index contributed by atoms with van der Waals surface area (Å²) in [4.78, 5) is 25.1. The van der Waals surface area contributed by atoms with Crippen LogP contribution in [-0.4, -0.2) is 20.7 Å². The third kappa shape index (κ3) is 3.18. The summed E-state index contributed by atoms with van der Waals surface area (Å²) >= 11 is 7.28. The molecule has 0 atom stereocenters. The van der Waals surface area contributed by atoms with E-state index in [1.807, 2.05) is 6.92 Å². The van der Waals surface area contributed by atoms with E-state index in [-0.39, 0.29) is 11.0 Å². The number of rotatable bonds is 4. The monoisotopic (exact) mass is 362 g/mol. The topological polar surface area (TPSA) is 76.9 Å². The zero-order valence-corrected chi connectivity index (χ0v) is 14.7. The van der Waals surface area contributed by atoms with E-state index in [1.54, 1.807) is 29.8 Å². The van der Waals surface area contributed by atoms with Crippen LogP contribution in [0.25, 0.3) is 10.9 Å². The third-order valence-corrected chi connectivity index (χ3v) is 4.68. The van der Waals surface area contributed by atoms with E-state index >= 15 is 0 Å². The van der Waals surface area contributed by atoms with E-state index in [0.29, 0.717) is 21.1 Å². The quantitative estimate of drug-likeness (QED) is 0.772. The highest BCUT2D eigenvalue weighted by molar-refractivity contribution is 7.15. The summed E-state index contributed by atoms with van der Waals surface area (Å²) in [6, 6.07) is 5.03. The van der Waals surface area contributed by atoms with Crippen LogP contribution in [0.15, 0.2) is 29.2 Å². The lowest BCUT2D eigenvalue weighted by molar-refractivity contribution is 0.102. The van der Waals surface area contributed by atoms with Crippen LogP contribution >= 0.6 is 22.9 Å². The molecular weight excluding hydrogens is 348 g/mol. The fraction of sp³-hybridized carbons (Fsp3) is 0.250. The molecule has 0 saturated heterocycles. The molecule has 0 aliphatic rings. The molecule has 0 spiro atoms. The van der Waals surface area contributed by atoms with Crippen molar-refractivity contribution in [1.29, 1.82) is 0 Å². The molecule has 0 aliphatic carbocycles. The number of carbonyl (C=O) groups is 1. The van der Waals surface area contributed by atoms with Crippen molar-refractivity contribution in [1.82, 2.24) is 14.8 Å². The van der Waals surface area contributed by atoms with E-state index in [2.05, 4.69) is 15.5 Å². The standard InChI is InChI=1S/C16H15ClN4O2S/c1-3-4-13-19-20-16(24-13)18-15(23)11-8-21(2)12-6-5-9(17)7-10(12)14(11)22/h5-8H,3-4H2,1-2H3,(H,18,20,23). The molecule has 24 heavy (non-hydrogen) atoms. The second-order valence-corrected chi connectivity index (χ2v) is 6.85. The number of aromatic nitrogens is 3. The number of hydrogen-bond donors (Lipinski definition) is 1. The van der Waals surface area contributed by atoms with Crippen LogP contribution in [-0.2, 0) is 13.5 Å². The Labute approximate surface area is 147 Å². The first-order valence-corrected chi connectivity index (χ1v) is 8.61. The maximum absolute atomic E-state index is 12.6. The first kappa shape index (κ1) is 16.6. The number of nitrogens with zero attached hydrogens (tertiary/aromatic N) is 3. The Balaban J connectivity index is 1.97. The number of hydrogen-bond acceptors (Lipinski definition) is 5. The molecular formula is C16H15ClN4O2S. The second-order valence-electron chi connectivity index (χ2n) is 5.35. The van der Waals surface area contributed by atoms with Crippen molar-refractivity contribution in [2.75, 3.05) is 5.32 Å². The SMILES string of the molecule is CCCc1nnc(NC(=O)c2cn(C)c3ccc(Cl)cc3c2=O)s1. The number of benzene rings is 1. The highest BCUT2D eigenvalue weighted by Gasteiger charge is 2.16. The summed E-state index contributed by atoms with van der Waals surface area (Å²) in [6.07, 6.45) is 3.28. The van der Waals surface area contributed by atoms with Crippen molar-refractivity contribution in [2.24, 2.45) is 7.05 Å². The van der Waals surface area contributed by atoms with Gasteiger partial charge in [0.15, 0.2) is 0 Å². The summed E-state index contributed by atoms with van der Waals surface area (Å²) in [7, 11) is 1.77. The fourth-order valence-corrected chi connectivity index (χ4v) is 3.42. The minimum absolute atomic E-state index is 0.0412. The molecule has 3 aromatic rings. The molecule has 0 aliphatic heterocycles. The lowest BCUT2D eigenvalue weighted by Gasteiger charge is -2.08. The van der Waals surface area contributed by atoms with E-state index in [1.165, 1.54) is 17.5 Å². The predicted octanol–water partition coefficient (Wildman–Crippen LogP) is 3.25. The number of fused-ring (bicyclic) bond motifs is 1. The van der Waals surface area contributed by atoms with Gasteiger partial charge in [0.05, 0.1) is 5.52 Å². The van der Waals surface area contributed by atoms with Gasteiger partial charge in [-0.25, -0.2) is 0 Å². The molecule has 8 heteroatoms.